The Balaban J connectivity index is 2.72. The highest BCUT2D eigenvalue weighted by Gasteiger charge is 2.05. The summed E-state index contributed by atoms with van der Waals surface area (Å²) >= 11 is 0. The number of ether oxygens (including phenoxy) is 1. The fourth-order valence-corrected chi connectivity index (χ4v) is 1.37. The second-order valence-corrected chi connectivity index (χ2v) is 3.17. The molecule has 14 heavy (non-hydrogen) atoms. The summed E-state index contributed by atoms with van der Waals surface area (Å²) in [4.78, 5) is 2.08. The molecule has 0 saturated carbocycles. The van der Waals surface area contributed by atoms with Gasteiger partial charge in [0.2, 0.25) is 0 Å². The largest absolute Gasteiger partial charge is 0.495 e. The van der Waals surface area contributed by atoms with Crippen LogP contribution in [-0.2, 0) is 0 Å². The third kappa shape index (κ3) is 2.64. The van der Waals surface area contributed by atoms with E-state index in [-0.39, 0.29) is 6.61 Å². The topological polar surface area (TPSA) is 32.7 Å². The summed E-state index contributed by atoms with van der Waals surface area (Å²) in [6, 6.07) is 7.87. The Labute approximate surface area is 84.9 Å². The van der Waals surface area contributed by atoms with E-state index in [2.05, 4.69) is 4.90 Å². The molecule has 1 N–H and O–H groups in total. The molecule has 0 aliphatic heterocycles. The first-order valence-corrected chi connectivity index (χ1v) is 4.74. The van der Waals surface area contributed by atoms with E-state index >= 15 is 0 Å². The van der Waals surface area contributed by atoms with Crippen molar-refractivity contribution in [3.05, 3.63) is 24.3 Å². The lowest BCUT2D eigenvalue weighted by atomic mass is 10.2. The van der Waals surface area contributed by atoms with Gasteiger partial charge in [-0.2, -0.15) is 0 Å². The predicted octanol–water partition coefficient (Wildman–Crippen LogP) is 1.51. The van der Waals surface area contributed by atoms with Gasteiger partial charge in [0, 0.05) is 20.2 Å². The molecule has 0 aliphatic carbocycles. The first kappa shape index (κ1) is 10.9. The third-order valence-corrected chi connectivity index (χ3v) is 2.15. The second kappa shape index (κ2) is 5.50. The van der Waals surface area contributed by atoms with Crippen LogP contribution in [0.1, 0.15) is 6.42 Å². The van der Waals surface area contributed by atoms with Crippen molar-refractivity contribution in [2.75, 3.05) is 32.2 Å². The molecule has 0 aromatic heterocycles. The van der Waals surface area contributed by atoms with Gasteiger partial charge in [0.25, 0.3) is 0 Å². The number of para-hydroxylation sites is 2. The highest BCUT2D eigenvalue weighted by molar-refractivity contribution is 5.57. The van der Waals surface area contributed by atoms with Gasteiger partial charge >= 0.3 is 0 Å². The van der Waals surface area contributed by atoms with Crippen molar-refractivity contribution >= 4 is 5.69 Å². The molecule has 0 atom stereocenters. The SMILES string of the molecule is COc1ccccc1N(C)CCCO. The van der Waals surface area contributed by atoms with Crippen LogP contribution in [0.3, 0.4) is 0 Å². The van der Waals surface area contributed by atoms with Gasteiger partial charge in [-0.05, 0) is 18.6 Å². The summed E-state index contributed by atoms with van der Waals surface area (Å²) in [7, 11) is 3.66. The molecule has 3 heteroatoms. The normalized spacial score (nSPS) is 9.93. The third-order valence-electron chi connectivity index (χ3n) is 2.15. The molecule has 0 radical (unpaired) electrons. The molecule has 0 unspecified atom stereocenters. The number of hydrogen-bond acceptors (Lipinski definition) is 3. The highest BCUT2D eigenvalue weighted by Crippen LogP contribution is 2.26. The zero-order chi connectivity index (χ0) is 10.4. The van der Waals surface area contributed by atoms with Crippen LogP contribution in [0.15, 0.2) is 24.3 Å². The predicted molar refractivity (Wildman–Crippen MR) is 58.0 cm³/mol. The van der Waals surface area contributed by atoms with Crippen LogP contribution in [0.2, 0.25) is 0 Å². The summed E-state index contributed by atoms with van der Waals surface area (Å²) in [5.74, 6) is 0.868. The number of benzene rings is 1. The van der Waals surface area contributed by atoms with E-state index in [0.717, 1.165) is 24.4 Å². The van der Waals surface area contributed by atoms with Crippen molar-refractivity contribution in [2.45, 2.75) is 6.42 Å². The lowest BCUT2D eigenvalue weighted by molar-refractivity contribution is 0.290. The summed E-state index contributed by atoms with van der Waals surface area (Å²) in [6.45, 7) is 1.05. The Bertz CT molecular complexity index is 276. The van der Waals surface area contributed by atoms with Gasteiger partial charge in [-0.15, -0.1) is 0 Å². The monoisotopic (exact) mass is 195 g/mol. The molecule has 0 fully saturated rings. The number of methoxy groups -OCH3 is 1. The Hall–Kier alpha value is -1.22. The van der Waals surface area contributed by atoms with Gasteiger partial charge in [0.05, 0.1) is 12.8 Å². The lowest BCUT2D eigenvalue weighted by Crippen LogP contribution is -2.19. The number of aliphatic hydroxyl groups excluding tert-OH is 1. The first-order valence-electron chi connectivity index (χ1n) is 4.74. The maximum atomic E-state index is 8.73. The van der Waals surface area contributed by atoms with Crippen molar-refractivity contribution < 1.29 is 9.84 Å². The van der Waals surface area contributed by atoms with Crippen LogP contribution in [0, 0.1) is 0 Å². The summed E-state index contributed by atoms with van der Waals surface area (Å²) in [5.41, 5.74) is 1.06. The van der Waals surface area contributed by atoms with Crippen LogP contribution in [0.25, 0.3) is 0 Å². The van der Waals surface area contributed by atoms with Crippen molar-refractivity contribution in [3.63, 3.8) is 0 Å². The number of hydrogen-bond donors (Lipinski definition) is 1. The van der Waals surface area contributed by atoms with Crippen molar-refractivity contribution in [1.29, 1.82) is 0 Å². The van der Waals surface area contributed by atoms with Gasteiger partial charge < -0.3 is 14.7 Å². The molecule has 1 rings (SSSR count). The standard InChI is InChI=1S/C11H17NO2/c1-12(8-5-9-13)10-6-3-4-7-11(10)14-2/h3-4,6-7,13H,5,8-9H2,1-2H3. The minimum absolute atomic E-state index is 0.222. The minimum atomic E-state index is 0.222. The van der Waals surface area contributed by atoms with Gasteiger partial charge in [-0.3, -0.25) is 0 Å². The molecule has 0 amide bonds. The Morgan fingerprint density at radius 2 is 2.07 bits per heavy atom. The van der Waals surface area contributed by atoms with Gasteiger partial charge in [0.15, 0.2) is 0 Å². The van der Waals surface area contributed by atoms with E-state index in [1.54, 1.807) is 7.11 Å². The highest BCUT2D eigenvalue weighted by atomic mass is 16.5. The van der Waals surface area contributed by atoms with E-state index in [1.807, 2.05) is 31.3 Å². The summed E-state index contributed by atoms with van der Waals surface area (Å²) in [5, 5.41) is 8.73. The molecule has 0 heterocycles. The molecule has 0 aliphatic rings. The Kier molecular flexibility index (Phi) is 4.26. The molecule has 1 aromatic carbocycles. The quantitative estimate of drug-likeness (QED) is 0.773. The van der Waals surface area contributed by atoms with Crippen LogP contribution >= 0.6 is 0 Å². The number of aliphatic hydroxyl groups is 1. The fourth-order valence-electron chi connectivity index (χ4n) is 1.37. The van der Waals surface area contributed by atoms with Crippen LogP contribution in [0.4, 0.5) is 5.69 Å². The average Bonchev–Trinajstić information content (AvgIpc) is 2.25. The van der Waals surface area contributed by atoms with Crippen molar-refractivity contribution in [2.24, 2.45) is 0 Å². The molecular weight excluding hydrogens is 178 g/mol. The second-order valence-electron chi connectivity index (χ2n) is 3.17. The van der Waals surface area contributed by atoms with Gasteiger partial charge in [-0.25, -0.2) is 0 Å². The summed E-state index contributed by atoms with van der Waals surface area (Å²) in [6.07, 6.45) is 0.772. The smallest absolute Gasteiger partial charge is 0.142 e. The van der Waals surface area contributed by atoms with Crippen molar-refractivity contribution in [1.82, 2.24) is 0 Å². The van der Waals surface area contributed by atoms with Gasteiger partial charge in [-0.1, -0.05) is 12.1 Å². The number of rotatable bonds is 5. The molecule has 1 aromatic rings. The van der Waals surface area contributed by atoms with Crippen LogP contribution in [-0.4, -0.2) is 32.4 Å². The van der Waals surface area contributed by atoms with Crippen molar-refractivity contribution in [3.8, 4) is 5.75 Å². The zero-order valence-electron chi connectivity index (χ0n) is 8.73. The molecule has 0 bridgehead atoms. The van der Waals surface area contributed by atoms with E-state index in [9.17, 15) is 0 Å². The summed E-state index contributed by atoms with van der Waals surface area (Å²) < 4.78 is 5.24. The van der Waals surface area contributed by atoms with E-state index < -0.39 is 0 Å². The molecule has 3 nitrogen and oxygen atoms in total. The minimum Gasteiger partial charge on any atom is -0.495 e. The molecule has 0 spiro atoms. The Morgan fingerprint density at radius 1 is 1.36 bits per heavy atom. The van der Waals surface area contributed by atoms with Crippen LogP contribution < -0.4 is 9.64 Å². The zero-order valence-corrected chi connectivity index (χ0v) is 8.73. The maximum Gasteiger partial charge on any atom is 0.142 e. The average molecular weight is 195 g/mol. The molecule has 78 valence electrons. The van der Waals surface area contributed by atoms with E-state index in [0.29, 0.717) is 0 Å². The van der Waals surface area contributed by atoms with E-state index in [1.165, 1.54) is 0 Å². The fraction of sp³-hybridized carbons (Fsp3) is 0.455. The van der Waals surface area contributed by atoms with Gasteiger partial charge in [0.1, 0.15) is 5.75 Å². The molecule has 0 saturated heterocycles. The van der Waals surface area contributed by atoms with E-state index in [4.69, 9.17) is 9.84 Å². The van der Waals surface area contributed by atoms with Crippen LogP contribution in [0.5, 0.6) is 5.75 Å². The first-order chi connectivity index (χ1) is 6.79. The molecular formula is C11H17NO2. The number of anilines is 1. The number of nitrogens with zero attached hydrogens (tertiary/aromatic N) is 1. The lowest BCUT2D eigenvalue weighted by Gasteiger charge is -2.20. The maximum absolute atomic E-state index is 8.73. The Morgan fingerprint density at radius 3 is 2.71 bits per heavy atom.